The Labute approximate surface area is 81.5 Å². The molecule has 1 unspecified atom stereocenters. The second kappa shape index (κ2) is 5.41. The van der Waals surface area contributed by atoms with E-state index in [-0.39, 0.29) is 0 Å². The van der Waals surface area contributed by atoms with E-state index in [0.717, 1.165) is 4.88 Å². The number of aliphatic hydroxyl groups excluding tert-OH is 1. The summed E-state index contributed by atoms with van der Waals surface area (Å²) in [5, 5.41) is 11.4. The molecule has 0 aliphatic carbocycles. The van der Waals surface area contributed by atoms with E-state index < -0.39 is 6.10 Å². The van der Waals surface area contributed by atoms with Gasteiger partial charge in [-0.25, -0.2) is 0 Å². The van der Waals surface area contributed by atoms with E-state index in [1.165, 1.54) is 17.6 Å². The Morgan fingerprint density at radius 1 is 1.69 bits per heavy atom. The Morgan fingerprint density at radius 2 is 2.54 bits per heavy atom. The zero-order chi connectivity index (χ0) is 9.52. The van der Waals surface area contributed by atoms with E-state index in [9.17, 15) is 5.11 Å². The van der Waals surface area contributed by atoms with Gasteiger partial charge in [0, 0.05) is 11.0 Å². The zero-order valence-corrected chi connectivity index (χ0v) is 8.04. The maximum absolute atomic E-state index is 9.47. The Bertz CT molecular complexity index is 316. The van der Waals surface area contributed by atoms with Gasteiger partial charge < -0.3 is 9.84 Å². The molecule has 1 N–H and O–H groups in total. The van der Waals surface area contributed by atoms with Crippen LogP contribution in [-0.4, -0.2) is 12.2 Å². The molecule has 1 atom stereocenters. The molecule has 0 aliphatic heterocycles. The van der Waals surface area contributed by atoms with Crippen molar-refractivity contribution in [3.05, 3.63) is 34.7 Å². The van der Waals surface area contributed by atoms with Crippen molar-refractivity contribution >= 4 is 11.3 Å². The minimum atomic E-state index is -0.693. The first-order valence-corrected chi connectivity index (χ1v) is 4.63. The first kappa shape index (κ1) is 9.85. The van der Waals surface area contributed by atoms with Crippen LogP contribution in [0.5, 0.6) is 0 Å². The third-order valence-corrected chi connectivity index (χ3v) is 2.24. The van der Waals surface area contributed by atoms with Gasteiger partial charge in [0.2, 0.25) is 0 Å². The number of thiophene rings is 1. The molecule has 1 rings (SSSR count). The van der Waals surface area contributed by atoms with Crippen LogP contribution in [0.4, 0.5) is 0 Å². The van der Waals surface area contributed by atoms with Gasteiger partial charge in [0.15, 0.2) is 0 Å². The Hall–Kier alpha value is -1.24. The fraction of sp³-hybridized carbons (Fsp3) is 0.200. The molecule has 0 aromatic carbocycles. The van der Waals surface area contributed by atoms with Crippen molar-refractivity contribution in [2.75, 3.05) is 7.11 Å². The monoisotopic (exact) mass is 194 g/mol. The molecule has 2 nitrogen and oxygen atoms in total. The van der Waals surface area contributed by atoms with Crippen LogP contribution in [0.15, 0.2) is 29.9 Å². The Kier molecular flexibility index (Phi) is 4.10. The second-order valence-corrected chi connectivity index (χ2v) is 3.22. The number of rotatable bonds is 2. The van der Waals surface area contributed by atoms with E-state index in [2.05, 4.69) is 16.6 Å². The summed E-state index contributed by atoms with van der Waals surface area (Å²) >= 11 is 1.49. The van der Waals surface area contributed by atoms with Gasteiger partial charge >= 0.3 is 0 Å². The molecule has 13 heavy (non-hydrogen) atoms. The molecule has 3 heteroatoms. The van der Waals surface area contributed by atoms with E-state index in [4.69, 9.17) is 0 Å². The van der Waals surface area contributed by atoms with E-state index >= 15 is 0 Å². The fourth-order valence-electron chi connectivity index (χ4n) is 0.747. The van der Waals surface area contributed by atoms with Gasteiger partial charge in [-0.2, -0.15) is 0 Å². The average Bonchev–Trinajstić information content (AvgIpc) is 2.65. The van der Waals surface area contributed by atoms with Gasteiger partial charge in [-0.3, -0.25) is 0 Å². The third-order valence-electron chi connectivity index (χ3n) is 1.32. The molecule has 68 valence electrons. The summed E-state index contributed by atoms with van der Waals surface area (Å²) in [5.41, 5.74) is 0. The highest BCUT2D eigenvalue weighted by Crippen LogP contribution is 2.17. The van der Waals surface area contributed by atoms with Crippen LogP contribution in [0.1, 0.15) is 11.0 Å². The lowest BCUT2D eigenvalue weighted by Crippen LogP contribution is -1.87. The highest BCUT2D eigenvalue weighted by atomic mass is 32.1. The van der Waals surface area contributed by atoms with Gasteiger partial charge in [0.1, 0.15) is 6.10 Å². The summed E-state index contributed by atoms with van der Waals surface area (Å²) in [5.74, 6) is 5.34. The number of hydrogen-bond donors (Lipinski definition) is 1. The van der Waals surface area contributed by atoms with Crippen molar-refractivity contribution < 1.29 is 9.84 Å². The van der Waals surface area contributed by atoms with Gasteiger partial charge in [0.05, 0.1) is 13.4 Å². The molecule has 0 radical (unpaired) electrons. The van der Waals surface area contributed by atoms with E-state index in [1.807, 2.05) is 17.5 Å². The summed E-state index contributed by atoms with van der Waals surface area (Å²) in [7, 11) is 1.55. The van der Waals surface area contributed by atoms with Crippen LogP contribution in [0.3, 0.4) is 0 Å². The van der Waals surface area contributed by atoms with Gasteiger partial charge in [-0.05, 0) is 11.4 Å². The van der Waals surface area contributed by atoms with E-state index in [0.29, 0.717) is 0 Å². The van der Waals surface area contributed by atoms with Crippen molar-refractivity contribution in [2.24, 2.45) is 0 Å². The largest absolute Gasteiger partial charge is 0.504 e. The zero-order valence-electron chi connectivity index (χ0n) is 7.23. The maximum atomic E-state index is 9.47. The van der Waals surface area contributed by atoms with Crippen LogP contribution in [0.25, 0.3) is 0 Å². The summed E-state index contributed by atoms with van der Waals surface area (Å²) in [4.78, 5) is 0.860. The van der Waals surface area contributed by atoms with Crippen molar-refractivity contribution in [3.8, 4) is 11.8 Å². The number of aliphatic hydroxyl groups is 1. The summed E-state index contributed by atoms with van der Waals surface area (Å²) in [6.45, 7) is 0. The summed E-state index contributed by atoms with van der Waals surface area (Å²) in [6, 6.07) is 3.74. The van der Waals surface area contributed by atoms with Crippen molar-refractivity contribution in [2.45, 2.75) is 6.10 Å². The fourth-order valence-corrected chi connectivity index (χ4v) is 1.41. The predicted octanol–water partition coefficient (Wildman–Crippen LogP) is 1.95. The van der Waals surface area contributed by atoms with Gasteiger partial charge in [-0.15, -0.1) is 11.3 Å². The molecule has 0 bridgehead atoms. The molecule has 0 amide bonds. The third kappa shape index (κ3) is 3.32. The van der Waals surface area contributed by atoms with E-state index in [1.54, 1.807) is 13.2 Å². The maximum Gasteiger partial charge on any atom is 0.149 e. The SMILES string of the molecule is CO/C=C/C#CC(O)c1cccs1. The summed E-state index contributed by atoms with van der Waals surface area (Å²) < 4.78 is 4.65. The molecule has 0 saturated heterocycles. The smallest absolute Gasteiger partial charge is 0.149 e. The van der Waals surface area contributed by atoms with Gasteiger partial charge in [0.25, 0.3) is 0 Å². The topological polar surface area (TPSA) is 29.5 Å². The first-order chi connectivity index (χ1) is 6.34. The predicted molar refractivity (Wildman–Crippen MR) is 53.2 cm³/mol. The van der Waals surface area contributed by atoms with Crippen LogP contribution >= 0.6 is 11.3 Å². The highest BCUT2D eigenvalue weighted by Gasteiger charge is 2.02. The number of hydrogen-bond acceptors (Lipinski definition) is 3. The Morgan fingerprint density at radius 3 is 3.15 bits per heavy atom. The molecule has 1 aromatic rings. The second-order valence-electron chi connectivity index (χ2n) is 2.25. The standard InChI is InChI=1S/C10H10O2S/c1-12-7-3-2-5-9(11)10-6-4-8-13-10/h3-4,6-9,11H,1H3/b7-3+. The van der Waals surface area contributed by atoms with Crippen molar-refractivity contribution in [1.29, 1.82) is 0 Å². The molecule has 0 fully saturated rings. The lowest BCUT2D eigenvalue weighted by molar-refractivity contribution is 0.242. The number of methoxy groups -OCH3 is 1. The minimum absolute atomic E-state index is 0.693. The van der Waals surface area contributed by atoms with Crippen LogP contribution in [-0.2, 0) is 4.74 Å². The quantitative estimate of drug-likeness (QED) is 0.576. The van der Waals surface area contributed by atoms with Crippen LogP contribution in [0.2, 0.25) is 0 Å². The molecular weight excluding hydrogens is 184 g/mol. The molecule has 1 aromatic heterocycles. The number of ether oxygens (including phenoxy) is 1. The molecular formula is C10H10O2S. The van der Waals surface area contributed by atoms with Gasteiger partial charge in [-0.1, -0.05) is 17.9 Å². The summed E-state index contributed by atoms with van der Waals surface area (Å²) in [6.07, 6.45) is 2.33. The Balaban J connectivity index is 2.53. The average molecular weight is 194 g/mol. The van der Waals surface area contributed by atoms with Crippen LogP contribution < -0.4 is 0 Å². The lowest BCUT2D eigenvalue weighted by Gasteiger charge is -1.95. The first-order valence-electron chi connectivity index (χ1n) is 3.75. The number of allylic oxidation sites excluding steroid dienone is 1. The van der Waals surface area contributed by atoms with Crippen molar-refractivity contribution in [3.63, 3.8) is 0 Å². The van der Waals surface area contributed by atoms with Crippen LogP contribution in [0, 0.1) is 11.8 Å². The molecule has 0 aliphatic rings. The lowest BCUT2D eigenvalue weighted by atomic mass is 10.3. The molecule has 1 heterocycles. The normalized spacial score (nSPS) is 12.2. The van der Waals surface area contributed by atoms with Crippen molar-refractivity contribution in [1.82, 2.24) is 0 Å². The minimum Gasteiger partial charge on any atom is -0.504 e. The molecule has 0 spiro atoms. The highest BCUT2D eigenvalue weighted by molar-refractivity contribution is 7.10. The molecule has 0 saturated carbocycles.